The third-order valence-electron chi connectivity index (χ3n) is 2.71. The number of benzene rings is 1. The molecule has 0 saturated heterocycles. The molecule has 1 amide bonds. The highest BCUT2D eigenvalue weighted by Crippen LogP contribution is 2.16. The second-order valence-corrected chi connectivity index (χ2v) is 3.84. The molecule has 1 aromatic carbocycles. The Kier molecular flexibility index (Phi) is 4.83. The number of carbonyl (C=O) groups excluding carboxylic acids is 1. The molecule has 0 aromatic heterocycles. The molecule has 3 nitrogen and oxygen atoms in total. The zero-order valence-electron chi connectivity index (χ0n) is 10.1. The van der Waals surface area contributed by atoms with Gasteiger partial charge >= 0.3 is 0 Å². The Bertz CT molecular complexity index is 350. The van der Waals surface area contributed by atoms with Gasteiger partial charge in [0.25, 0.3) is 0 Å². The van der Waals surface area contributed by atoms with Crippen LogP contribution in [0, 0.1) is 5.92 Å². The Hall–Kier alpha value is -1.51. The molecular formula is C13H19NO2. The first-order chi connectivity index (χ1) is 7.69. The molecular weight excluding hydrogens is 202 g/mol. The van der Waals surface area contributed by atoms with Crippen molar-refractivity contribution in [3.63, 3.8) is 0 Å². The van der Waals surface area contributed by atoms with E-state index in [1.165, 1.54) is 0 Å². The monoisotopic (exact) mass is 221 g/mol. The number of hydrogen-bond donors (Lipinski definition) is 1. The van der Waals surface area contributed by atoms with E-state index in [9.17, 15) is 4.79 Å². The van der Waals surface area contributed by atoms with Gasteiger partial charge in [-0.25, -0.2) is 0 Å². The zero-order valence-corrected chi connectivity index (χ0v) is 10.1. The SMILES string of the molecule is CCC(C)C(=O)NCc1ccccc1OC. The lowest BCUT2D eigenvalue weighted by Gasteiger charge is -2.12. The second kappa shape index (κ2) is 6.16. The molecule has 1 unspecified atom stereocenters. The number of carbonyl (C=O) groups is 1. The van der Waals surface area contributed by atoms with Gasteiger partial charge in [-0.2, -0.15) is 0 Å². The van der Waals surface area contributed by atoms with Gasteiger partial charge in [-0.05, 0) is 12.5 Å². The third-order valence-corrected chi connectivity index (χ3v) is 2.71. The molecule has 16 heavy (non-hydrogen) atoms. The lowest BCUT2D eigenvalue weighted by molar-refractivity contribution is -0.124. The van der Waals surface area contributed by atoms with Crippen LogP contribution in [0.2, 0.25) is 0 Å². The molecule has 0 bridgehead atoms. The van der Waals surface area contributed by atoms with E-state index in [0.717, 1.165) is 17.7 Å². The second-order valence-electron chi connectivity index (χ2n) is 3.84. The van der Waals surface area contributed by atoms with Gasteiger partial charge in [0, 0.05) is 18.0 Å². The van der Waals surface area contributed by atoms with Gasteiger partial charge < -0.3 is 10.1 Å². The standard InChI is InChI=1S/C13H19NO2/c1-4-10(2)13(15)14-9-11-7-5-6-8-12(11)16-3/h5-8,10H,4,9H2,1-3H3,(H,14,15). The molecule has 3 heteroatoms. The number of para-hydroxylation sites is 1. The van der Waals surface area contributed by atoms with Gasteiger partial charge in [0.05, 0.1) is 7.11 Å². The van der Waals surface area contributed by atoms with E-state index in [2.05, 4.69) is 5.32 Å². The third kappa shape index (κ3) is 3.26. The van der Waals surface area contributed by atoms with Crippen molar-refractivity contribution in [2.75, 3.05) is 7.11 Å². The van der Waals surface area contributed by atoms with Gasteiger partial charge in [-0.15, -0.1) is 0 Å². The summed E-state index contributed by atoms with van der Waals surface area (Å²) in [5, 5.41) is 2.91. The molecule has 1 aromatic rings. The van der Waals surface area contributed by atoms with Crippen LogP contribution in [-0.4, -0.2) is 13.0 Å². The number of amides is 1. The van der Waals surface area contributed by atoms with E-state index in [4.69, 9.17) is 4.74 Å². The minimum absolute atomic E-state index is 0.0645. The molecule has 0 aliphatic carbocycles. The first kappa shape index (κ1) is 12.6. The molecule has 0 heterocycles. The fourth-order valence-corrected chi connectivity index (χ4v) is 1.39. The van der Waals surface area contributed by atoms with E-state index < -0.39 is 0 Å². The number of rotatable bonds is 5. The summed E-state index contributed by atoms with van der Waals surface area (Å²) in [6.07, 6.45) is 0.859. The molecule has 0 fully saturated rings. The molecule has 0 aliphatic rings. The van der Waals surface area contributed by atoms with Crippen molar-refractivity contribution in [3.8, 4) is 5.75 Å². The Morgan fingerprint density at radius 1 is 1.44 bits per heavy atom. The minimum atomic E-state index is 0.0645. The van der Waals surface area contributed by atoms with Gasteiger partial charge in [0.15, 0.2) is 0 Å². The van der Waals surface area contributed by atoms with E-state index in [1.54, 1.807) is 7.11 Å². The molecule has 0 aliphatic heterocycles. The van der Waals surface area contributed by atoms with Crippen LogP contribution in [0.4, 0.5) is 0 Å². The largest absolute Gasteiger partial charge is 0.496 e. The van der Waals surface area contributed by atoms with Crippen LogP contribution >= 0.6 is 0 Å². The lowest BCUT2D eigenvalue weighted by atomic mass is 10.1. The van der Waals surface area contributed by atoms with Gasteiger partial charge in [-0.1, -0.05) is 32.0 Å². The highest BCUT2D eigenvalue weighted by atomic mass is 16.5. The smallest absolute Gasteiger partial charge is 0.223 e. The van der Waals surface area contributed by atoms with Crippen molar-refractivity contribution in [1.29, 1.82) is 0 Å². The highest BCUT2D eigenvalue weighted by molar-refractivity contribution is 5.78. The normalized spacial score (nSPS) is 11.9. The summed E-state index contributed by atoms with van der Waals surface area (Å²) in [5.41, 5.74) is 1.00. The predicted octanol–water partition coefficient (Wildman–Crippen LogP) is 2.36. The van der Waals surface area contributed by atoms with Gasteiger partial charge in [0.2, 0.25) is 5.91 Å². The van der Waals surface area contributed by atoms with Crippen molar-refractivity contribution in [2.24, 2.45) is 5.92 Å². The summed E-state index contributed by atoms with van der Waals surface area (Å²) in [6, 6.07) is 7.70. The molecule has 0 radical (unpaired) electrons. The first-order valence-electron chi connectivity index (χ1n) is 5.58. The van der Waals surface area contributed by atoms with Crippen LogP contribution in [0.25, 0.3) is 0 Å². The summed E-state index contributed by atoms with van der Waals surface area (Å²) >= 11 is 0. The number of nitrogens with one attached hydrogen (secondary N) is 1. The molecule has 1 atom stereocenters. The maximum absolute atomic E-state index is 11.6. The van der Waals surface area contributed by atoms with Gasteiger partial charge in [-0.3, -0.25) is 4.79 Å². The van der Waals surface area contributed by atoms with Crippen molar-refractivity contribution in [1.82, 2.24) is 5.32 Å². The average Bonchev–Trinajstić information content (AvgIpc) is 2.35. The predicted molar refractivity (Wildman–Crippen MR) is 64.3 cm³/mol. The topological polar surface area (TPSA) is 38.3 Å². The van der Waals surface area contributed by atoms with E-state index in [1.807, 2.05) is 38.1 Å². The van der Waals surface area contributed by atoms with Gasteiger partial charge in [0.1, 0.15) is 5.75 Å². The fourth-order valence-electron chi connectivity index (χ4n) is 1.39. The van der Waals surface area contributed by atoms with Crippen molar-refractivity contribution >= 4 is 5.91 Å². The summed E-state index contributed by atoms with van der Waals surface area (Å²) in [6.45, 7) is 4.46. The Labute approximate surface area is 96.8 Å². The van der Waals surface area contributed by atoms with Crippen LogP contribution in [0.15, 0.2) is 24.3 Å². The average molecular weight is 221 g/mol. The molecule has 0 spiro atoms. The summed E-state index contributed by atoms with van der Waals surface area (Å²) in [7, 11) is 1.63. The summed E-state index contributed by atoms with van der Waals surface area (Å²) in [5.74, 6) is 0.968. The fraction of sp³-hybridized carbons (Fsp3) is 0.462. The zero-order chi connectivity index (χ0) is 12.0. The van der Waals surface area contributed by atoms with E-state index in [-0.39, 0.29) is 11.8 Å². The molecule has 1 rings (SSSR count). The van der Waals surface area contributed by atoms with Crippen LogP contribution in [-0.2, 0) is 11.3 Å². The quantitative estimate of drug-likeness (QED) is 0.829. The van der Waals surface area contributed by atoms with Crippen LogP contribution in [0.3, 0.4) is 0 Å². The molecule has 88 valence electrons. The van der Waals surface area contributed by atoms with Crippen LogP contribution < -0.4 is 10.1 Å². The maximum Gasteiger partial charge on any atom is 0.223 e. The molecule has 1 N–H and O–H groups in total. The Balaban J connectivity index is 2.57. The maximum atomic E-state index is 11.6. The number of methoxy groups -OCH3 is 1. The van der Waals surface area contributed by atoms with E-state index in [0.29, 0.717) is 6.54 Å². The summed E-state index contributed by atoms with van der Waals surface area (Å²) < 4.78 is 5.21. The van der Waals surface area contributed by atoms with Crippen LogP contribution in [0.1, 0.15) is 25.8 Å². The van der Waals surface area contributed by atoms with Crippen molar-refractivity contribution in [3.05, 3.63) is 29.8 Å². The first-order valence-corrected chi connectivity index (χ1v) is 5.58. The molecule has 0 saturated carbocycles. The Morgan fingerprint density at radius 3 is 2.75 bits per heavy atom. The van der Waals surface area contributed by atoms with Crippen molar-refractivity contribution < 1.29 is 9.53 Å². The number of hydrogen-bond acceptors (Lipinski definition) is 2. The van der Waals surface area contributed by atoms with E-state index >= 15 is 0 Å². The lowest BCUT2D eigenvalue weighted by Crippen LogP contribution is -2.28. The Morgan fingerprint density at radius 2 is 2.12 bits per heavy atom. The summed E-state index contributed by atoms with van der Waals surface area (Å²) in [4.78, 5) is 11.6. The highest BCUT2D eigenvalue weighted by Gasteiger charge is 2.10. The van der Waals surface area contributed by atoms with Crippen LogP contribution in [0.5, 0.6) is 5.75 Å². The van der Waals surface area contributed by atoms with Crippen molar-refractivity contribution in [2.45, 2.75) is 26.8 Å². The minimum Gasteiger partial charge on any atom is -0.496 e. The number of ether oxygens (including phenoxy) is 1.